The van der Waals surface area contributed by atoms with Gasteiger partial charge in [-0.2, -0.15) is 0 Å². The third-order valence-corrected chi connectivity index (χ3v) is 6.34. The second kappa shape index (κ2) is 5.20. The number of hydrogen-bond donors (Lipinski definition) is 2. The van der Waals surface area contributed by atoms with E-state index in [9.17, 15) is 4.79 Å². The zero-order valence-electron chi connectivity index (χ0n) is 14.1. The molecule has 2 aliphatic heterocycles. The van der Waals surface area contributed by atoms with E-state index >= 15 is 0 Å². The minimum absolute atomic E-state index is 0.0363. The Labute approximate surface area is 138 Å². The largest absolute Gasteiger partial charge is 0.325 e. The third-order valence-electron chi connectivity index (χ3n) is 6.34. The Morgan fingerprint density at radius 1 is 1.30 bits per heavy atom. The number of hydrogen-bond acceptors (Lipinski definition) is 2. The Hall–Kier alpha value is -1.61. The average Bonchev–Trinajstić information content (AvgIpc) is 2.82. The number of fused-ring (bicyclic) bond motifs is 3. The first-order valence-corrected chi connectivity index (χ1v) is 8.81. The van der Waals surface area contributed by atoms with E-state index in [2.05, 4.69) is 37.1 Å². The summed E-state index contributed by atoms with van der Waals surface area (Å²) in [6.07, 6.45) is 4.47. The van der Waals surface area contributed by atoms with Crippen molar-refractivity contribution in [3.05, 3.63) is 42.0 Å². The highest BCUT2D eigenvalue weighted by Crippen LogP contribution is 2.47. The van der Waals surface area contributed by atoms with E-state index in [-0.39, 0.29) is 17.4 Å². The number of carbonyl (C=O) groups is 1. The van der Waals surface area contributed by atoms with Gasteiger partial charge in [0.05, 0.1) is 5.92 Å². The standard InChI is InChI=1S/C20H26N2O/c1-12-8-9-13-10-15(12)18(22-20(13,2)3)11-16-14-6-4-5-7-17(14)21-19(16)23/h4-7,13,15-16,18,22H,1,8-11H2,2-3H3,(H,21,23)/t13?,15-,16?,18+/m0/s1. The molecule has 4 atom stereocenters. The van der Waals surface area contributed by atoms with Gasteiger partial charge in [-0.3, -0.25) is 4.79 Å². The molecule has 122 valence electrons. The summed E-state index contributed by atoms with van der Waals surface area (Å²) < 4.78 is 0. The fraction of sp³-hybridized carbons (Fsp3) is 0.550. The number of anilines is 1. The summed E-state index contributed by atoms with van der Waals surface area (Å²) in [5, 5.41) is 6.90. The lowest BCUT2D eigenvalue weighted by atomic mass is 9.63. The Morgan fingerprint density at radius 2 is 2.09 bits per heavy atom. The summed E-state index contributed by atoms with van der Waals surface area (Å²) >= 11 is 0. The third kappa shape index (κ3) is 2.42. The molecule has 0 aromatic heterocycles. The molecule has 1 aromatic carbocycles. The summed E-state index contributed by atoms with van der Waals surface area (Å²) in [5.41, 5.74) is 3.66. The van der Waals surface area contributed by atoms with Gasteiger partial charge < -0.3 is 10.6 Å². The molecule has 1 saturated carbocycles. The van der Waals surface area contributed by atoms with E-state index in [4.69, 9.17) is 0 Å². The molecule has 4 rings (SSSR count). The van der Waals surface area contributed by atoms with Crippen molar-refractivity contribution in [2.45, 2.75) is 57.0 Å². The highest BCUT2D eigenvalue weighted by atomic mass is 16.2. The van der Waals surface area contributed by atoms with E-state index < -0.39 is 0 Å². The predicted octanol–water partition coefficient (Wildman–Crippen LogP) is 3.84. The first kappa shape index (κ1) is 14.9. The summed E-state index contributed by atoms with van der Waals surface area (Å²) in [6.45, 7) is 8.96. The van der Waals surface area contributed by atoms with Crippen molar-refractivity contribution in [2.24, 2.45) is 11.8 Å². The van der Waals surface area contributed by atoms with E-state index in [0.29, 0.717) is 12.0 Å². The van der Waals surface area contributed by atoms with Crippen molar-refractivity contribution in [3.8, 4) is 0 Å². The first-order valence-electron chi connectivity index (χ1n) is 8.81. The molecular formula is C20H26N2O. The fourth-order valence-corrected chi connectivity index (χ4v) is 4.92. The number of amides is 1. The lowest BCUT2D eigenvalue weighted by molar-refractivity contribution is -0.117. The zero-order chi connectivity index (χ0) is 16.2. The van der Waals surface area contributed by atoms with Crippen LogP contribution in [0.2, 0.25) is 0 Å². The maximum atomic E-state index is 12.5. The quantitative estimate of drug-likeness (QED) is 0.815. The Morgan fingerprint density at radius 3 is 2.91 bits per heavy atom. The lowest BCUT2D eigenvalue weighted by Gasteiger charge is -2.52. The van der Waals surface area contributed by atoms with E-state index in [1.54, 1.807) is 0 Å². The molecule has 1 amide bonds. The number of benzene rings is 1. The average molecular weight is 310 g/mol. The molecule has 2 fully saturated rings. The van der Waals surface area contributed by atoms with Crippen LogP contribution in [-0.4, -0.2) is 17.5 Å². The molecular weight excluding hydrogens is 284 g/mol. The van der Waals surface area contributed by atoms with Gasteiger partial charge in [0.2, 0.25) is 5.91 Å². The molecule has 23 heavy (non-hydrogen) atoms. The van der Waals surface area contributed by atoms with Crippen molar-refractivity contribution in [1.82, 2.24) is 5.32 Å². The highest BCUT2D eigenvalue weighted by Gasteiger charge is 2.46. The molecule has 1 aliphatic carbocycles. The van der Waals surface area contributed by atoms with Gasteiger partial charge in [0.15, 0.2) is 0 Å². The number of para-hydroxylation sites is 1. The monoisotopic (exact) mass is 310 g/mol. The maximum Gasteiger partial charge on any atom is 0.232 e. The fourth-order valence-electron chi connectivity index (χ4n) is 4.92. The molecule has 2 heterocycles. The Kier molecular flexibility index (Phi) is 3.38. The van der Waals surface area contributed by atoms with Crippen LogP contribution in [0.5, 0.6) is 0 Å². The second-order valence-electron chi connectivity index (χ2n) is 8.07. The smallest absolute Gasteiger partial charge is 0.232 e. The molecule has 3 aliphatic rings. The van der Waals surface area contributed by atoms with Crippen LogP contribution in [0.3, 0.4) is 0 Å². The summed E-state index contributed by atoms with van der Waals surface area (Å²) in [6, 6.07) is 8.44. The van der Waals surface area contributed by atoms with Gasteiger partial charge in [0.25, 0.3) is 0 Å². The second-order valence-corrected chi connectivity index (χ2v) is 8.07. The molecule has 1 aromatic rings. The SMILES string of the molecule is C=C1CCC2C[C@@H]1[C@@H](CC1C(=O)Nc3ccccc31)NC2(C)C. The summed E-state index contributed by atoms with van der Waals surface area (Å²) in [4.78, 5) is 12.5. The van der Waals surface area contributed by atoms with Crippen LogP contribution in [-0.2, 0) is 4.79 Å². The van der Waals surface area contributed by atoms with Crippen LogP contribution < -0.4 is 10.6 Å². The van der Waals surface area contributed by atoms with Gasteiger partial charge in [-0.15, -0.1) is 0 Å². The molecule has 1 saturated heterocycles. The van der Waals surface area contributed by atoms with Gasteiger partial charge in [-0.05, 0) is 63.0 Å². The van der Waals surface area contributed by atoms with Gasteiger partial charge in [0, 0.05) is 17.3 Å². The summed E-state index contributed by atoms with van der Waals surface area (Å²) in [7, 11) is 0. The molecule has 2 bridgehead atoms. The van der Waals surface area contributed by atoms with Crippen LogP contribution in [0, 0.1) is 11.8 Å². The lowest BCUT2D eigenvalue weighted by Crippen LogP contribution is -2.60. The molecule has 0 radical (unpaired) electrons. The summed E-state index contributed by atoms with van der Waals surface area (Å²) in [5.74, 6) is 1.35. The van der Waals surface area contributed by atoms with Crippen molar-refractivity contribution < 1.29 is 4.79 Å². The van der Waals surface area contributed by atoms with Gasteiger partial charge >= 0.3 is 0 Å². The minimum atomic E-state index is -0.0363. The van der Waals surface area contributed by atoms with Crippen LogP contribution >= 0.6 is 0 Å². The van der Waals surface area contributed by atoms with Crippen molar-refractivity contribution in [3.63, 3.8) is 0 Å². The topological polar surface area (TPSA) is 41.1 Å². The van der Waals surface area contributed by atoms with E-state index in [1.165, 1.54) is 18.4 Å². The zero-order valence-corrected chi connectivity index (χ0v) is 14.1. The molecule has 3 heteroatoms. The van der Waals surface area contributed by atoms with Gasteiger partial charge in [-0.1, -0.05) is 30.4 Å². The van der Waals surface area contributed by atoms with Gasteiger partial charge in [0.1, 0.15) is 0 Å². The molecule has 2 unspecified atom stereocenters. The predicted molar refractivity (Wildman–Crippen MR) is 93.4 cm³/mol. The van der Waals surface area contributed by atoms with Crippen molar-refractivity contribution >= 4 is 11.6 Å². The Balaban J connectivity index is 1.60. The van der Waals surface area contributed by atoms with Gasteiger partial charge in [-0.25, -0.2) is 0 Å². The van der Waals surface area contributed by atoms with E-state index in [0.717, 1.165) is 30.0 Å². The Bertz CT molecular complexity index is 663. The molecule has 2 N–H and O–H groups in total. The van der Waals surface area contributed by atoms with Crippen LogP contribution in [0.25, 0.3) is 0 Å². The highest BCUT2D eigenvalue weighted by molar-refractivity contribution is 6.02. The van der Waals surface area contributed by atoms with Crippen LogP contribution in [0.15, 0.2) is 36.4 Å². The normalized spacial score (nSPS) is 34.9. The van der Waals surface area contributed by atoms with Crippen LogP contribution in [0.1, 0.15) is 51.0 Å². The number of nitrogens with one attached hydrogen (secondary N) is 2. The van der Waals surface area contributed by atoms with E-state index in [1.807, 2.05) is 18.2 Å². The van der Waals surface area contributed by atoms with Crippen LogP contribution in [0.4, 0.5) is 5.69 Å². The number of piperidine rings is 1. The van der Waals surface area contributed by atoms with Crippen molar-refractivity contribution in [1.29, 1.82) is 0 Å². The first-order chi connectivity index (χ1) is 11.0. The maximum absolute atomic E-state index is 12.5. The minimum Gasteiger partial charge on any atom is -0.325 e. The number of rotatable bonds is 2. The van der Waals surface area contributed by atoms with Crippen molar-refractivity contribution in [2.75, 3.05) is 5.32 Å². The molecule has 3 nitrogen and oxygen atoms in total. The number of carbonyl (C=O) groups excluding carboxylic acids is 1. The molecule has 0 spiro atoms.